The van der Waals surface area contributed by atoms with Crippen molar-refractivity contribution in [2.24, 2.45) is 5.73 Å². The molecular formula is C15H17BrN2O2S. The van der Waals surface area contributed by atoms with Gasteiger partial charge < -0.3 is 5.73 Å². The van der Waals surface area contributed by atoms with Crippen molar-refractivity contribution in [3.8, 4) is 0 Å². The fourth-order valence-electron chi connectivity index (χ4n) is 1.90. The second-order valence-corrected chi connectivity index (χ2v) is 7.43. The van der Waals surface area contributed by atoms with Crippen molar-refractivity contribution < 1.29 is 8.42 Å². The summed E-state index contributed by atoms with van der Waals surface area (Å²) in [6, 6.07) is 12.5. The van der Waals surface area contributed by atoms with Crippen molar-refractivity contribution in [1.82, 2.24) is 4.72 Å². The maximum atomic E-state index is 12.3. The van der Waals surface area contributed by atoms with Crippen LogP contribution < -0.4 is 10.5 Å². The average Bonchev–Trinajstić information content (AvgIpc) is 2.47. The quantitative estimate of drug-likeness (QED) is 0.851. The third kappa shape index (κ3) is 4.14. The Morgan fingerprint density at radius 2 is 1.81 bits per heavy atom. The molecule has 0 aliphatic rings. The van der Waals surface area contributed by atoms with Gasteiger partial charge in [-0.05, 0) is 47.9 Å². The topological polar surface area (TPSA) is 72.2 Å². The maximum absolute atomic E-state index is 12.3. The number of nitrogens with one attached hydrogen (secondary N) is 1. The molecule has 0 amide bonds. The fraction of sp³-hybridized carbons (Fsp3) is 0.200. The SMILES string of the molecule is Cc1ccc(S(=O)(=O)NCc2ccc(Br)cc2)cc1CN. The van der Waals surface area contributed by atoms with Crippen molar-refractivity contribution in [3.63, 3.8) is 0 Å². The molecule has 0 fully saturated rings. The first-order valence-corrected chi connectivity index (χ1v) is 8.74. The summed E-state index contributed by atoms with van der Waals surface area (Å²) in [5.74, 6) is 0. The number of hydrogen-bond donors (Lipinski definition) is 2. The van der Waals surface area contributed by atoms with E-state index in [1.165, 1.54) is 0 Å². The highest BCUT2D eigenvalue weighted by Crippen LogP contribution is 2.16. The van der Waals surface area contributed by atoms with Crippen LogP contribution in [0.2, 0.25) is 0 Å². The van der Waals surface area contributed by atoms with Gasteiger partial charge in [0.25, 0.3) is 0 Å². The molecule has 0 heterocycles. The second-order valence-electron chi connectivity index (χ2n) is 4.74. The van der Waals surface area contributed by atoms with Crippen molar-refractivity contribution >= 4 is 26.0 Å². The Balaban J connectivity index is 2.16. The smallest absolute Gasteiger partial charge is 0.240 e. The highest BCUT2D eigenvalue weighted by atomic mass is 79.9. The zero-order chi connectivity index (χ0) is 15.5. The van der Waals surface area contributed by atoms with Gasteiger partial charge in [-0.3, -0.25) is 0 Å². The number of halogens is 1. The first-order valence-electron chi connectivity index (χ1n) is 6.46. The molecule has 2 rings (SSSR count). The van der Waals surface area contributed by atoms with Crippen molar-refractivity contribution in [2.45, 2.75) is 24.9 Å². The summed E-state index contributed by atoms with van der Waals surface area (Å²) in [5, 5.41) is 0. The Hall–Kier alpha value is -1.21. The van der Waals surface area contributed by atoms with Crippen LogP contribution in [-0.2, 0) is 23.1 Å². The van der Waals surface area contributed by atoms with Crippen LogP contribution in [0.15, 0.2) is 51.8 Å². The Bertz CT molecular complexity index is 728. The molecule has 0 aliphatic heterocycles. The van der Waals surface area contributed by atoms with Crippen molar-refractivity contribution in [3.05, 3.63) is 63.6 Å². The number of aryl methyl sites for hydroxylation is 1. The number of sulfonamides is 1. The van der Waals surface area contributed by atoms with Crippen molar-refractivity contribution in [2.75, 3.05) is 0 Å². The predicted molar refractivity (Wildman–Crippen MR) is 87.2 cm³/mol. The van der Waals surface area contributed by atoms with Crippen LogP contribution >= 0.6 is 15.9 Å². The third-order valence-electron chi connectivity index (χ3n) is 3.23. The van der Waals surface area contributed by atoms with Gasteiger partial charge >= 0.3 is 0 Å². The molecule has 0 unspecified atom stereocenters. The molecule has 0 aromatic heterocycles. The van der Waals surface area contributed by atoms with Crippen LogP contribution in [0.25, 0.3) is 0 Å². The van der Waals surface area contributed by atoms with E-state index in [-0.39, 0.29) is 11.4 Å². The zero-order valence-corrected chi connectivity index (χ0v) is 14.0. The summed E-state index contributed by atoms with van der Waals surface area (Å²) in [6.45, 7) is 2.48. The van der Waals surface area contributed by atoms with Crippen LogP contribution in [0.5, 0.6) is 0 Å². The molecule has 112 valence electrons. The fourth-order valence-corrected chi connectivity index (χ4v) is 3.23. The summed E-state index contributed by atoms with van der Waals surface area (Å²) in [7, 11) is -3.54. The number of rotatable bonds is 5. The van der Waals surface area contributed by atoms with Crippen LogP contribution in [0.1, 0.15) is 16.7 Å². The minimum Gasteiger partial charge on any atom is -0.326 e. The minimum absolute atomic E-state index is 0.241. The molecule has 4 nitrogen and oxygen atoms in total. The summed E-state index contributed by atoms with van der Waals surface area (Å²) >= 11 is 3.34. The molecule has 6 heteroatoms. The van der Waals surface area contributed by atoms with Gasteiger partial charge in [-0.15, -0.1) is 0 Å². The van der Waals surface area contributed by atoms with Crippen molar-refractivity contribution in [1.29, 1.82) is 0 Å². The van der Waals surface area contributed by atoms with Crippen LogP contribution in [-0.4, -0.2) is 8.42 Å². The molecule has 3 N–H and O–H groups in total. The van der Waals surface area contributed by atoms with Gasteiger partial charge in [-0.1, -0.05) is 34.1 Å². The molecule has 0 spiro atoms. The van der Waals surface area contributed by atoms with E-state index < -0.39 is 10.0 Å². The maximum Gasteiger partial charge on any atom is 0.240 e. The van der Waals surface area contributed by atoms with Crippen LogP contribution in [0.3, 0.4) is 0 Å². The largest absolute Gasteiger partial charge is 0.326 e. The van der Waals surface area contributed by atoms with Gasteiger partial charge in [0.1, 0.15) is 0 Å². The Kier molecular flexibility index (Phi) is 5.16. The van der Waals surface area contributed by atoms with E-state index in [1.54, 1.807) is 18.2 Å². The third-order valence-corrected chi connectivity index (χ3v) is 5.16. The van der Waals surface area contributed by atoms with Gasteiger partial charge in [0.15, 0.2) is 0 Å². The van der Waals surface area contributed by atoms with E-state index in [0.29, 0.717) is 6.54 Å². The summed E-state index contributed by atoms with van der Waals surface area (Å²) in [5.41, 5.74) is 8.34. The Morgan fingerprint density at radius 1 is 1.14 bits per heavy atom. The van der Waals surface area contributed by atoms with Crippen LogP contribution in [0.4, 0.5) is 0 Å². The molecule has 21 heavy (non-hydrogen) atoms. The molecular weight excluding hydrogens is 352 g/mol. The van der Waals surface area contributed by atoms with E-state index in [1.807, 2.05) is 31.2 Å². The number of nitrogens with two attached hydrogens (primary N) is 1. The molecule has 0 saturated carbocycles. The standard InChI is InChI=1S/C15H17BrN2O2S/c1-11-2-7-15(8-13(11)9-17)21(19,20)18-10-12-3-5-14(16)6-4-12/h2-8,18H,9-10,17H2,1H3. The zero-order valence-electron chi connectivity index (χ0n) is 11.6. The Morgan fingerprint density at radius 3 is 2.43 bits per heavy atom. The molecule has 0 atom stereocenters. The number of hydrogen-bond acceptors (Lipinski definition) is 3. The molecule has 0 bridgehead atoms. The summed E-state index contributed by atoms with van der Waals surface area (Å²) < 4.78 is 28.1. The molecule has 0 aliphatic carbocycles. The molecule has 0 radical (unpaired) electrons. The summed E-state index contributed by atoms with van der Waals surface area (Å²) in [6.07, 6.45) is 0. The molecule has 0 saturated heterocycles. The van der Waals surface area contributed by atoms with E-state index in [4.69, 9.17) is 5.73 Å². The normalized spacial score (nSPS) is 11.6. The Labute approximate surface area is 133 Å². The van der Waals surface area contributed by atoms with Gasteiger partial charge in [-0.25, -0.2) is 13.1 Å². The summed E-state index contributed by atoms with van der Waals surface area (Å²) in [4.78, 5) is 0.241. The lowest BCUT2D eigenvalue weighted by atomic mass is 10.1. The monoisotopic (exact) mass is 368 g/mol. The van der Waals surface area contributed by atoms with Gasteiger partial charge in [-0.2, -0.15) is 0 Å². The lowest BCUT2D eigenvalue weighted by Crippen LogP contribution is -2.23. The molecule has 2 aromatic carbocycles. The van der Waals surface area contributed by atoms with Gasteiger partial charge in [0.05, 0.1) is 4.90 Å². The first-order chi connectivity index (χ1) is 9.92. The predicted octanol–water partition coefficient (Wildman–Crippen LogP) is 2.69. The minimum atomic E-state index is -3.54. The van der Waals surface area contributed by atoms with E-state index in [0.717, 1.165) is 21.2 Å². The highest BCUT2D eigenvalue weighted by Gasteiger charge is 2.14. The lowest BCUT2D eigenvalue weighted by Gasteiger charge is -2.10. The molecule has 2 aromatic rings. The van der Waals surface area contributed by atoms with E-state index in [2.05, 4.69) is 20.7 Å². The van der Waals surface area contributed by atoms with E-state index in [9.17, 15) is 8.42 Å². The lowest BCUT2D eigenvalue weighted by molar-refractivity contribution is 0.581. The number of benzene rings is 2. The second kappa shape index (κ2) is 6.70. The van der Waals surface area contributed by atoms with Gasteiger partial charge in [0.2, 0.25) is 10.0 Å². The average molecular weight is 369 g/mol. The first kappa shape index (κ1) is 16.2. The van der Waals surface area contributed by atoms with Crippen LogP contribution in [0, 0.1) is 6.92 Å². The van der Waals surface area contributed by atoms with E-state index >= 15 is 0 Å². The highest BCUT2D eigenvalue weighted by molar-refractivity contribution is 9.10. The van der Waals surface area contributed by atoms with Gasteiger partial charge in [0, 0.05) is 17.6 Å².